The fraction of sp³-hybridized carbons (Fsp3) is 0.424. The van der Waals surface area contributed by atoms with Gasteiger partial charge in [-0.15, -0.1) is 0 Å². The molecule has 1 amide bonds. The van der Waals surface area contributed by atoms with Crippen LogP contribution in [0.4, 0.5) is 33.2 Å². The summed E-state index contributed by atoms with van der Waals surface area (Å²) in [6.45, 7) is 4.51. The number of carbonyl (C=O) groups is 1. The van der Waals surface area contributed by atoms with Crippen LogP contribution in [0.25, 0.3) is 11.4 Å². The first-order valence-electron chi connectivity index (χ1n) is 15.9. The summed E-state index contributed by atoms with van der Waals surface area (Å²) in [5, 5.41) is 6.34. The summed E-state index contributed by atoms with van der Waals surface area (Å²) in [5.74, 6) is 1.91. The van der Waals surface area contributed by atoms with Crippen LogP contribution in [0, 0.1) is 17.7 Å². The van der Waals surface area contributed by atoms with Gasteiger partial charge in [-0.3, -0.25) is 4.79 Å². The molecule has 0 spiro atoms. The maximum atomic E-state index is 14.4. The number of sulfone groups is 1. The fourth-order valence-corrected chi connectivity index (χ4v) is 7.37. The Labute approximate surface area is 274 Å². The van der Waals surface area contributed by atoms with E-state index < -0.39 is 21.6 Å². The molecule has 2 fully saturated rings. The van der Waals surface area contributed by atoms with Crippen molar-refractivity contribution in [1.29, 1.82) is 0 Å². The van der Waals surface area contributed by atoms with E-state index in [2.05, 4.69) is 41.5 Å². The number of aromatic amines is 1. The molecule has 4 aliphatic heterocycles. The van der Waals surface area contributed by atoms with Crippen molar-refractivity contribution >= 4 is 44.6 Å². The first-order valence-corrected chi connectivity index (χ1v) is 17.9. The second-order valence-corrected chi connectivity index (χ2v) is 14.7. The Bertz CT molecular complexity index is 1800. The fourth-order valence-electron chi connectivity index (χ4n) is 6.78. The third kappa shape index (κ3) is 7.60. The Morgan fingerprint density at radius 2 is 1.77 bits per heavy atom. The van der Waals surface area contributed by atoms with Crippen molar-refractivity contribution in [3.8, 4) is 17.1 Å². The molecular formula is C33H41FN8O4S. The zero-order chi connectivity index (χ0) is 33.1. The lowest BCUT2D eigenvalue weighted by atomic mass is 9.78. The number of rotatable bonds is 11. The number of methoxy groups -OCH3 is 1. The Balaban J connectivity index is 1.11. The van der Waals surface area contributed by atoms with E-state index in [-0.39, 0.29) is 17.0 Å². The van der Waals surface area contributed by atoms with E-state index in [1.165, 1.54) is 18.4 Å². The topological polar surface area (TPSA) is 159 Å². The summed E-state index contributed by atoms with van der Waals surface area (Å²) in [6, 6.07) is 12.0. The number of anilines is 5. The highest BCUT2D eigenvalue weighted by Gasteiger charge is 2.30. The maximum absolute atomic E-state index is 14.4. The number of primary amides is 1. The van der Waals surface area contributed by atoms with Gasteiger partial charge in [-0.1, -0.05) is 6.07 Å². The van der Waals surface area contributed by atoms with Crippen LogP contribution in [0.15, 0.2) is 48.7 Å². The number of piperidine rings is 2. The van der Waals surface area contributed by atoms with Gasteiger partial charge in [0.25, 0.3) is 5.91 Å². The van der Waals surface area contributed by atoms with E-state index in [0.29, 0.717) is 53.0 Å². The Kier molecular flexibility index (Phi) is 9.50. The Morgan fingerprint density at radius 1 is 1.04 bits per heavy atom. The molecule has 250 valence electrons. The van der Waals surface area contributed by atoms with Crippen molar-refractivity contribution in [1.82, 2.24) is 19.9 Å². The molecule has 0 unspecified atom stereocenters. The number of hydrogen-bond donors (Lipinski definition) is 4. The zero-order valence-corrected chi connectivity index (χ0v) is 27.4. The summed E-state index contributed by atoms with van der Waals surface area (Å²) in [4.78, 5) is 28.9. The highest BCUT2D eigenvalue weighted by atomic mass is 32.2. The molecule has 2 saturated heterocycles. The quantitative estimate of drug-likeness (QED) is 0.178. The van der Waals surface area contributed by atoms with Gasteiger partial charge in [0.2, 0.25) is 5.95 Å². The molecule has 2 aromatic rings. The van der Waals surface area contributed by atoms with E-state index in [1.54, 1.807) is 25.4 Å². The summed E-state index contributed by atoms with van der Waals surface area (Å²) in [7, 11) is -1.31. The van der Waals surface area contributed by atoms with Gasteiger partial charge in [0, 0.05) is 43.8 Å². The molecule has 0 aliphatic carbocycles. The monoisotopic (exact) mass is 664 g/mol. The van der Waals surface area contributed by atoms with Crippen molar-refractivity contribution in [3.05, 3.63) is 60.0 Å². The summed E-state index contributed by atoms with van der Waals surface area (Å²) in [5.41, 5.74) is 7.83. The Morgan fingerprint density at radius 3 is 2.45 bits per heavy atom. The number of aromatic nitrogens is 3. The highest BCUT2D eigenvalue weighted by Crippen LogP contribution is 2.38. The minimum atomic E-state index is -2.93. The van der Waals surface area contributed by atoms with E-state index in [4.69, 9.17) is 10.5 Å². The van der Waals surface area contributed by atoms with E-state index in [1.807, 2.05) is 12.1 Å². The SMILES string of the molecule is COc1cc(N2CCC(C3CCN(CCS(C)(=O)=O)CC3)CC2)ccc1Nc1nc(Nc2cccc(F)c2C(N)=O)c2ccnc-2[nH]1. The maximum Gasteiger partial charge on any atom is 0.253 e. The number of fused-ring (bicyclic) bond motifs is 1. The van der Waals surface area contributed by atoms with Gasteiger partial charge >= 0.3 is 0 Å². The van der Waals surface area contributed by atoms with Gasteiger partial charge < -0.3 is 35.9 Å². The number of ether oxygens (including phenoxy) is 1. The van der Waals surface area contributed by atoms with Gasteiger partial charge in [0.1, 0.15) is 33.0 Å². The number of likely N-dealkylation sites (tertiary alicyclic amines) is 1. The van der Waals surface area contributed by atoms with E-state index >= 15 is 0 Å². The molecule has 14 heteroatoms. The van der Waals surface area contributed by atoms with Gasteiger partial charge in [-0.2, -0.15) is 4.98 Å². The number of nitrogens with zero attached hydrogens (tertiary/aromatic N) is 4. The number of halogens is 1. The first kappa shape index (κ1) is 32.5. The number of hydrogen-bond acceptors (Lipinski definition) is 10. The van der Waals surface area contributed by atoms with Crippen LogP contribution in [0.5, 0.6) is 5.75 Å². The highest BCUT2D eigenvalue weighted by molar-refractivity contribution is 7.90. The van der Waals surface area contributed by atoms with Crippen molar-refractivity contribution in [3.63, 3.8) is 0 Å². The molecule has 0 saturated carbocycles. The van der Waals surface area contributed by atoms with Crippen LogP contribution >= 0.6 is 0 Å². The zero-order valence-electron chi connectivity index (χ0n) is 26.6. The average molecular weight is 665 g/mol. The number of nitrogens with two attached hydrogens (primary N) is 1. The van der Waals surface area contributed by atoms with Gasteiger partial charge in [-0.05, 0) is 80.9 Å². The number of carbonyl (C=O) groups excluding carboxylic acids is 1. The van der Waals surface area contributed by atoms with Crippen LogP contribution in [-0.2, 0) is 9.84 Å². The molecular weight excluding hydrogens is 623 g/mol. The third-order valence-corrected chi connectivity index (χ3v) is 10.3. The van der Waals surface area contributed by atoms with Crippen LogP contribution in [-0.4, -0.2) is 86.0 Å². The van der Waals surface area contributed by atoms with Gasteiger partial charge in [0.05, 0.1) is 35.4 Å². The predicted molar refractivity (Wildman–Crippen MR) is 181 cm³/mol. The lowest BCUT2D eigenvalue weighted by Gasteiger charge is -2.41. The molecule has 0 atom stereocenters. The summed E-state index contributed by atoms with van der Waals surface area (Å²) >= 11 is 0. The number of H-pyrrole nitrogens is 1. The molecule has 4 heterocycles. The number of amides is 1. The molecule has 0 bridgehead atoms. The van der Waals surface area contributed by atoms with Gasteiger partial charge in [-0.25, -0.2) is 17.8 Å². The molecule has 2 aromatic carbocycles. The van der Waals surface area contributed by atoms with Crippen LogP contribution in [0.2, 0.25) is 0 Å². The second kappa shape index (κ2) is 13.7. The molecule has 47 heavy (non-hydrogen) atoms. The van der Waals surface area contributed by atoms with Crippen molar-refractivity contribution < 1.29 is 22.3 Å². The largest absolute Gasteiger partial charge is 0.494 e. The average Bonchev–Trinajstić information content (AvgIpc) is 3.53. The normalized spacial score (nSPS) is 16.8. The molecule has 0 radical (unpaired) electrons. The summed E-state index contributed by atoms with van der Waals surface area (Å²) < 4.78 is 43.3. The molecule has 6 rings (SSSR count). The lowest BCUT2D eigenvalue weighted by molar-refractivity contribution is 0.0997. The van der Waals surface area contributed by atoms with Crippen molar-refractivity contribution in [2.75, 3.05) is 67.4 Å². The third-order valence-electron chi connectivity index (χ3n) is 9.35. The van der Waals surface area contributed by atoms with Crippen molar-refractivity contribution in [2.45, 2.75) is 25.7 Å². The summed E-state index contributed by atoms with van der Waals surface area (Å²) in [6.07, 6.45) is 7.45. The Hall–Kier alpha value is -4.43. The van der Waals surface area contributed by atoms with Crippen LogP contribution in [0.1, 0.15) is 36.0 Å². The minimum Gasteiger partial charge on any atom is -0.494 e. The van der Waals surface area contributed by atoms with E-state index in [0.717, 1.165) is 57.5 Å². The predicted octanol–water partition coefficient (Wildman–Crippen LogP) is 4.62. The minimum absolute atomic E-state index is 0.199. The molecule has 5 N–H and O–H groups in total. The molecule has 4 aliphatic rings. The standard InChI is InChI=1S/C33H41FN8O4S/c1-46-28-20-23(42-16-11-22(12-17-42)21-9-14-41(15-10-21)18-19-47(2,44)45)6-7-26(28)38-33-39-31-24(8-13-36-31)32(40-33)37-27-5-3-4-25(34)29(27)30(35)43/h3-8,13,20-22H,9-12,14-19H2,1-2H3,(H2,35,43)(H3,36,37,38,39,40). The lowest BCUT2D eigenvalue weighted by Crippen LogP contribution is -2.42. The van der Waals surface area contributed by atoms with Crippen molar-refractivity contribution in [2.24, 2.45) is 17.6 Å². The number of benzene rings is 2. The molecule has 0 aromatic heterocycles. The number of nitrogens with one attached hydrogen (secondary N) is 3. The molecule has 12 nitrogen and oxygen atoms in total. The first-order chi connectivity index (χ1) is 22.6. The smallest absolute Gasteiger partial charge is 0.253 e. The second-order valence-electron chi connectivity index (χ2n) is 12.4. The van der Waals surface area contributed by atoms with Crippen LogP contribution in [0.3, 0.4) is 0 Å². The van der Waals surface area contributed by atoms with E-state index in [9.17, 15) is 17.6 Å². The van der Waals surface area contributed by atoms with Crippen LogP contribution < -0.4 is 26.0 Å². The van der Waals surface area contributed by atoms with Gasteiger partial charge in [0.15, 0.2) is 0 Å².